The SMILES string of the molecule is CCCCC(CC)C(=O)N1CCC(n2nc(C(=O)OCC)cc2-c2ccc(F)cc2)CC1. The van der Waals surface area contributed by atoms with E-state index in [1.807, 2.05) is 9.58 Å². The van der Waals surface area contributed by atoms with Crippen LogP contribution in [0.1, 0.15) is 75.8 Å². The van der Waals surface area contributed by atoms with Crippen LogP contribution in [0, 0.1) is 11.7 Å². The first-order valence-corrected chi connectivity index (χ1v) is 11.8. The molecular formula is C25H34FN3O3. The molecule has 0 saturated carbocycles. The number of likely N-dealkylation sites (tertiary alicyclic amines) is 1. The number of hydrogen-bond donors (Lipinski definition) is 0. The summed E-state index contributed by atoms with van der Waals surface area (Å²) in [6.07, 6.45) is 5.51. The van der Waals surface area contributed by atoms with Crippen LogP contribution < -0.4 is 0 Å². The summed E-state index contributed by atoms with van der Waals surface area (Å²) in [6, 6.07) is 7.95. The van der Waals surface area contributed by atoms with Gasteiger partial charge in [-0.3, -0.25) is 9.48 Å². The number of halogens is 1. The van der Waals surface area contributed by atoms with E-state index in [0.29, 0.717) is 13.1 Å². The number of piperidine rings is 1. The molecule has 0 radical (unpaired) electrons. The van der Waals surface area contributed by atoms with Gasteiger partial charge in [-0.2, -0.15) is 5.10 Å². The fourth-order valence-electron chi connectivity index (χ4n) is 4.36. The van der Waals surface area contributed by atoms with E-state index in [1.54, 1.807) is 25.1 Å². The molecule has 1 aliphatic rings. The third-order valence-electron chi connectivity index (χ3n) is 6.23. The molecule has 0 bridgehead atoms. The first kappa shape index (κ1) is 24.0. The largest absolute Gasteiger partial charge is 0.461 e. The first-order chi connectivity index (χ1) is 15.5. The van der Waals surface area contributed by atoms with Crippen molar-refractivity contribution in [2.45, 2.75) is 65.3 Å². The Morgan fingerprint density at radius 1 is 1.16 bits per heavy atom. The Labute approximate surface area is 189 Å². The third kappa shape index (κ3) is 5.56. The van der Waals surface area contributed by atoms with E-state index < -0.39 is 5.97 Å². The van der Waals surface area contributed by atoms with Crippen molar-refractivity contribution in [3.05, 3.63) is 41.8 Å². The van der Waals surface area contributed by atoms with Crippen LogP contribution in [0.5, 0.6) is 0 Å². The Bertz CT molecular complexity index is 902. The highest BCUT2D eigenvalue weighted by atomic mass is 19.1. The lowest BCUT2D eigenvalue weighted by Crippen LogP contribution is -2.42. The Hall–Kier alpha value is -2.70. The maximum atomic E-state index is 13.4. The van der Waals surface area contributed by atoms with Crippen molar-refractivity contribution in [3.63, 3.8) is 0 Å². The average molecular weight is 444 g/mol. The highest BCUT2D eigenvalue weighted by Gasteiger charge is 2.30. The summed E-state index contributed by atoms with van der Waals surface area (Å²) in [6.45, 7) is 7.60. The molecule has 7 heteroatoms. The number of carbonyl (C=O) groups is 2. The minimum Gasteiger partial charge on any atom is -0.461 e. The molecule has 2 aromatic rings. The second-order valence-electron chi connectivity index (χ2n) is 8.39. The molecule has 0 N–H and O–H groups in total. The van der Waals surface area contributed by atoms with Crippen LogP contribution in [-0.2, 0) is 9.53 Å². The summed E-state index contributed by atoms with van der Waals surface area (Å²) < 4.78 is 20.4. The predicted molar refractivity (Wildman–Crippen MR) is 122 cm³/mol. The maximum Gasteiger partial charge on any atom is 0.358 e. The number of rotatable bonds is 9. The minimum atomic E-state index is -0.469. The van der Waals surface area contributed by atoms with Crippen molar-refractivity contribution < 1.29 is 18.7 Å². The Morgan fingerprint density at radius 3 is 2.44 bits per heavy atom. The van der Waals surface area contributed by atoms with Gasteiger partial charge in [-0.15, -0.1) is 0 Å². The van der Waals surface area contributed by atoms with Gasteiger partial charge in [-0.05, 0) is 62.9 Å². The summed E-state index contributed by atoms with van der Waals surface area (Å²) in [5, 5.41) is 4.56. The predicted octanol–water partition coefficient (Wildman–Crippen LogP) is 5.25. The van der Waals surface area contributed by atoms with Crippen LogP contribution in [0.3, 0.4) is 0 Å². The number of amides is 1. The Kier molecular flexibility index (Phi) is 8.42. The number of hydrogen-bond acceptors (Lipinski definition) is 4. The molecule has 1 aromatic heterocycles. The van der Waals surface area contributed by atoms with Crippen LogP contribution in [0.25, 0.3) is 11.3 Å². The summed E-state index contributed by atoms with van der Waals surface area (Å²) >= 11 is 0. The standard InChI is InChI=1S/C25H34FN3O3/c1-4-7-8-18(5-2)24(30)28-15-13-21(14-16-28)29-23(19-9-11-20(26)12-10-19)17-22(27-29)25(31)32-6-3/h9-12,17-18,21H,4-8,13-16H2,1-3H3. The van der Waals surface area contributed by atoms with Crippen molar-refractivity contribution in [2.75, 3.05) is 19.7 Å². The molecule has 6 nitrogen and oxygen atoms in total. The van der Waals surface area contributed by atoms with Gasteiger partial charge in [0.05, 0.1) is 18.3 Å². The zero-order valence-electron chi connectivity index (χ0n) is 19.3. The van der Waals surface area contributed by atoms with Gasteiger partial charge in [0.2, 0.25) is 5.91 Å². The molecule has 0 spiro atoms. The quantitative estimate of drug-likeness (QED) is 0.497. The van der Waals surface area contributed by atoms with E-state index in [-0.39, 0.29) is 36.0 Å². The summed E-state index contributed by atoms with van der Waals surface area (Å²) in [5.41, 5.74) is 1.79. The summed E-state index contributed by atoms with van der Waals surface area (Å²) in [4.78, 5) is 27.3. The van der Waals surface area contributed by atoms with Crippen molar-refractivity contribution in [2.24, 2.45) is 5.92 Å². The molecule has 1 atom stereocenters. The zero-order chi connectivity index (χ0) is 23.1. The van der Waals surface area contributed by atoms with E-state index >= 15 is 0 Å². The van der Waals surface area contributed by atoms with E-state index in [4.69, 9.17) is 4.74 Å². The van der Waals surface area contributed by atoms with Crippen LogP contribution in [0.2, 0.25) is 0 Å². The van der Waals surface area contributed by atoms with Gasteiger partial charge in [-0.1, -0.05) is 26.7 Å². The van der Waals surface area contributed by atoms with Gasteiger partial charge < -0.3 is 9.64 Å². The number of aromatic nitrogens is 2. The second-order valence-corrected chi connectivity index (χ2v) is 8.39. The highest BCUT2D eigenvalue weighted by Crippen LogP contribution is 2.31. The summed E-state index contributed by atoms with van der Waals surface area (Å²) in [7, 11) is 0. The van der Waals surface area contributed by atoms with Crippen LogP contribution in [-0.4, -0.2) is 46.3 Å². The van der Waals surface area contributed by atoms with Gasteiger partial charge >= 0.3 is 5.97 Å². The zero-order valence-corrected chi connectivity index (χ0v) is 19.3. The molecule has 1 saturated heterocycles. The summed E-state index contributed by atoms with van der Waals surface area (Å²) in [5.74, 6) is -0.429. The lowest BCUT2D eigenvalue weighted by Gasteiger charge is -2.34. The van der Waals surface area contributed by atoms with Crippen molar-refractivity contribution in [1.82, 2.24) is 14.7 Å². The van der Waals surface area contributed by atoms with Gasteiger partial charge in [0.25, 0.3) is 0 Å². The smallest absolute Gasteiger partial charge is 0.358 e. The molecule has 32 heavy (non-hydrogen) atoms. The van der Waals surface area contributed by atoms with Crippen LogP contribution >= 0.6 is 0 Å². The molecule has 1 unspecified atom stereocenters. The molecular weight excluding hydrogens is 409 g/mol. The Morgan fingerprint density at radius 2 is 1.84 bits per heavy atom. The van der Waals surface area contributed by atoms with Gasteiger partial charge in [0.1, 0.15) is 5.82 Å². The number of ether oxygens (including phenoxy) is 1. The Balaban J connectivity index is 1.78. The molecule has 174 valence electrons. The van der Waals surface area contributed by atoms with Crippen LogP contribution in [0.4, 0.5) is 4.39 Å². The van der Waals surface area contributed by atoms with Crippen molar-refractivity contribution in [1.29, 1.82) is 0 Å². The van der Waals surface area contributed by atoms with Crippen molar-refractivity contribution in [3.8, 4) is 11.3 Å². The van der Waals surface area contributed by atoms with Crippen molar-refractivity contribution >= 4 is 11.9 Å². The number of esters is 1. The lowest BCUT2D eigenvalue weighted by atomic mass is 9.95. The first-order valence-electron chi connectivity index (χ1n) is 11.8. The molecule has 1 amide bonds. The molecule has 3 rings (SSSR count). The van der Waals surface area contributed by atoms with Gasteiger partial charge in [0, 0.05) is 24.6 Å². The second kappa shape index (κ2) is 11.2. The van der Waals surface area contributed by atoms with Crippen LogP contribution in [0.15, 0.2) is 30.3 Å². The molecule has 1 aliphatic heterocycles. The number of carbonyl (C=O) groups excluding carboxylic acids is 2. The fraction of sp³-hybridized carbons (Fsp3) is 0.560. The lowest BCUT2D eigenvalue weighted by molar-refractivity contribution is -0.137. The monoisotopic (exact) mass is 443 g/mol. The average Bonchev–Trinajstić information content (AvgIpc) is 3.26. The molecule has 2 heterocycles. The fourth-order valence-corrected chi connectivity index (χ4v) is 4.36. The number of benzene rings is 1. The van der Waals surface area contributed by atoms with Gasteiger partial charge in [-0.25, -0.2) is 9.18 Å². The van der Waals surface area contributed by atoms with E-state index in [0.717, 1.165) is 49.8 Å². The third-order valence-corrected chi connectivity index (χ3v) is 6.23. The van der Waals surface area contributed by atoms with E-state index in [2.05, 4.69) is 18.9 Å². The normalized spacial score (nSPS) is 15.6. The maximum absolute atomic E-state index is 13.4. The molecule has 1 fully saturated rings. The molecule has 0 aliphatic carbocycles. The van der Waals surface area contributed by atoms with E-state index in [1.165, 1.54) is 12.1 Å². The minimum absolute atomic E-state index is 0.0537. The van der Waals surface area contributed by atoms with Gasteiger partial charge in [0.15, 0.2) is 5.69 Å². The molecule has 1 aromatic carbocycles. The van der Waals surface area contributed by atoms with E-state index in [9.17, 15) is 14.0 Å². The number of nitrogens with zero attached hydrogens (tertiary/aromatic N) is 3. The number of unbranched alkanes of at least 4 members (excludes halogenated alkanes) is 1. The highest BCUT2D eigenvalue weighted by molar-refractivity contribution is 5.88. The topological polar surface area (TPSA) is 64.4 Å².